The number of para-hydroxylation sites is 1. The first-order chi connectivity index (χ1) is 14.3. The van der Waals surface area contributed by atoms with Gasteiger partial charge < -0.3 is 30.1 Å². The van der Waals surface area contributed by atoms with Crippen molar-refractivity contribution < 1.29 is 29.3 Å². The number of benzene rings is 1. The first kappa shape index (κ1) is 23.7. The maximum Gasteiger partial charge on any atom is 0.294 e. The molecule has 10 heteroatoms. The zero-order valence-electron chi connectivity index (χ0n) is 17.5. The summed E-state index contributed by atoms with van der Waals surface area (Å²) >= 11 is 0. The fourth-order valence-corrected chi connectivity index (χ4v) is 2.95. The summed E-state index contributed by atoms with van der Waals surface area (Å²) < 4.78 is 11.5. The van der Waals surface area contributed by atoms with Crippen molar-refractivity contribution in [2.45, 2.75) is 51.2 Å². The van der Waals surface area contributed by atoms with Gasteiger partial charge in [-0.2, -0.15) is 0 Å². The van der Waals surface area contributed by atoms with Crippen LogP contribution in [0.5, 0.6) is 11.5 Å². The fourth-order valence-electron chi connectivity index (χ4n) is 2.95. The average molecular weight is 425 g/mol. The van der Waals surface area contributed by atoms with Gasteiger partial charge in [0.1, 0.15) is 12.7 Å². The van der Waals surface area contributed by atoms with E-state index in [4.69, 9.17) is 9.47 Å². The van der Waals surface area contributed by atoms with Gasteiger partial charge in [-0.15, -0.1) is 10.1 Å². The molecule has 0 aliphatic carbocycles. The molecule has 0 saturated carbocycles. The molecule has 3 N–H and O–H groups in total. The van der Waals surface area contributed by atoms with Crippen LogP contribution in [0, 0.1) is 10.1 Å². The molecule has 0 fully saturated rings. The Morgan fingerprint density at radius 1 is 1.43 bits per heavy atom. The summed E-state index contributed by atoms with van der Waals surface area (Å²) in [4.78, 5) is 26.0. The van der Waals surface area contributed by atoms with Crippen LogP contribution >= 0.6 is 0 Å². The number of β-amino-alcohol motifs (C(OH)–C–C–N with tert-alkyl or cyclic N) is 1. The van der Waals surface area contributed by atoms with Gasteiger partial charge >= 0.3 is 0 Å². The molecule has 0 radical (unpaired) electrons. The first-order valence-electron chi connectivity index (χ1n) is 10.1. The molecule has 1 unspecified atom stereocenters. The van der Waals surface area contributed by atoms with Crippen LogP contribution in [0.25, 0.3) is 0 Å². The van der Waals surface area contributed by atoms with Gasteiger partial charge in [-0.1, -0.05) is 12.1 Å². The number of carbonyl (C=O) groups excluding carboxylic acids is 1. The Bertz CT molecular complexity index is 712. The van der Waals surface area contributed by atoms with E-state index in [1.165, 1.54) is 0 Å². The van der Waals surface area contributed by atoms with Crippen LogP contribution in [0.1, 0.15) is 38.7 Å². The number of carbonyl (C=O) groups is 1. The zero-order chi connectivity index (χ0) is 22.0. The largest absolute Gasteiger partial charge is 0.489 e. The van der Waals surface area contributed by atoms with Gasteiger partial charge in [0.2, 0.25) is 5.91 Å². The van der Waals surface area contributed by atoms with E-state index in [1.54, 1.807) is 0 Å². The van der Waals surface area contributed by atoms with Crippen LogP contribution in [0.2, 0.25) is 0 Å². The minimum absolute atomic E-state index is 0.107. The number of ether oxygens (including phenoxy) is 2. The number of aliphatic hydroxyl groups excluding tert-OH is 1. The second-order valence-electron chi connectivity index (χ2n) is 7.86. The molecular formula is C20H31N3O7. The van der Waals surface area contributed by atoms with Crippen molar-refractivity contribution in [1.82, 2.24) is 10.6 Å². The molecule has 1 heterocycles. The Labute approximate surface area is 176 Å². The van der Waals surface area contributed by atoms with E-state index in [1.807, 2.05) is 32.0 Å². The van der Waals surface area contributed by atoms with Crippen molar-refractivity contribution in [2.24, 2.45) is 0 Å². The molecule has 0 spiro atoms. The molecule has 0 saturated heterocycles. The minimum Gasteiger partial charge on any atom is -0.489 e. The highest BCUT2D eigenvalue weighted by molar-refractivity contribution is 5.75. The van der Waals surface area contributed by atoms with Crippen molar-refractivity contribution in [3.05, 3.63) is 33.9 Å². The third-order valence-electron chi connectivity index (χ3n) is 4.62. The lowest BCUT2D eigenvalue weighted by atomic mass is 10.1. The van der Waals surface area contributed by atoms with Gasteiger partial charge in [0.25, 0.3) is 5.09 Å². The normalized spacial score (nSPS) is 14.2. The smallest absolute Gasteiger partial charge is 0.294 e. The summed E-state index contributed by atoms with van der Waals surface area (Å²) in [6.45, 7) is 5.11. The number of fused-ring (bicyclic) bond motifs is 1. The predicted molar refractivity (Wildman–Crippen MR) is 109 cm³/mol. The predicted octanol–water partition coefficient (Wildman–Crippen LogP) is 1.22. The highest BCUT2D eigenvalue weighted by atomic mass is 16.9. The van der Waals surface area contributed by atoms with Crippen molar-refractivity contribution in [2.75, 3.05) is 32.9 Å². The van der Waals surface area contributed by atoms with Crippen molar-refractivity contribution in [3.63, 3.8) is 0 Å². The average Bonchev–Trinajstić information content (AvgIpc) is 2.72. The van der Waals surface area contributed by atoms with E-state index in [-0.39, 0.29) is 38.5 Å². The molecule has 2 rings (SSSR count). The Hall–Kier alpha value is -2.59. The van der Waals surface area contributed by atoms with E-state index >= 15 is 0 Å². The lowest BCUT2D eigenvalue weighted by Crippen LogP contribution is -2.51. The summed E-state index contributed by atoms with van der Waals surface area (Å²) in [7, 11) is 0. The molecule has 30 heavy (non-hydrogen) atoms. The molecular weight excluding hydrogens is 394 g/mol. The van der Waals surface area contributed by atoms with Crippen LogP contribution in [-0.2, 0) is 16.1 Å². The molecule has 1 aliphatic rings. The Morgan fingerprint density at radius 2 is 2.23 bits per heavy atom. The molecule has 1 aromatic rings. The number of aryl methyl sites for hydroxylation is 1. The number of hydrogen-bond donors (Lipinski definition) is 3. The van der Waals surface area contributed by atoms with Crippen LogP contribution in [0.3, 0.4) is 0 Å². The van der Waals surface area contributed by atoms with Crippen molar-refractivity contribution >= 4 is 5.91 Å². The summed E-state index contributed by atoms with van der Waals surface area (Å²) in [5, 5.41) is 25.4. The third kappa shape index (κ3) is 8.42. The minimum atomic E-state index is -0.875. The van der Waals surface area contributed by atoms with E-state index in [0.29, 0.717) is 18.9 Å². The maximum atomic E-state index is 11.8. The SMILES string of the molecule is CC(C)(CNC(=O)CCCO[N+](=O)[O-])NCC(O)COc1cccc2c1OCCC2. The summed E-state index contributed by atoms with van der Waals surface area (Å²) in [6, 6.07) is 5.77. The third-order valence-corrected chi connectivity index (χ3v) is 4.62. The van der Waals surface area contributed by atoms with Gasteiger partial charge in [0.05, 0.1) is 13.2 Å². The van der Waals surface area contributed by atoms with E-state index < -0.39 is 16.7 Å². The topological polar surface area (TPSA) is 132 Å². The second kappa shape index (κ2) is 11.6. The van der Waals surface area contributed by atoms with E-state index in [2.05, 4.69) is 15.5 Å². The Balaban J connectivity index is 1.66. The number of amides is 1. The van der Waals surface area contributed by atoms with Gasteiger partial charge in [0.15, 0.2) is 11.5 Å². The quantitative estimate of drug-likeness (QED) is 0.244. The second-order valence-corrected chi connectivity index (χ2v) is 7.86. The van der Waals surface area contributed by atoms with Crippen LogP contribution < -0.4 is 20.1 Å². The van der Waals surface area contributed by atoms with Gasteiger partial charge in [0, 0.05) is 25.0 Å². The number of nitrogens with zero attached hydrogens (tertiary/aromatic N) is 1. The molecule has 0 aromatic heterocycles. The number of aliphatic hydroxyl groups is 1. The van der Waals surface area contributed by atoms with Crippen LogP contribution in [0.4, 0.5) is 0 Å². The standard InChI is InChI=1S/C20H31N3O7/c1-20(2,14-21-18(25)9-5-11-30-23(26)27)22-12-16(24)13-29-17-8-3-6-15-7-4-10-28-19(15)17/h3,6,8,16,22,24H,4-5,7,9-14H2,1-2H3,(H,21,25). The summed E-state index contributed by atoms with van der Waals surface area (Å²) in [6.07, 6.45) is 1.62. The molecule has 1 aliphatic heterocycles. The Kier molecular flexibility index (Phi) is 9.13. The highest BCUT2D eigenvalue weighted by Crippen LogP contribution is 2.34. The van der Waals surface area contributed by atoms with Gasteiger partial charge in [-0.05, 0) is 44.7 Å². The molecule has 1 amide bonds. The first-order valence-corrected chi connectivity index (χ1v) is 10.1. The Morgan fingerprint density at radius 3 is 3.00 bits per heavy atom. The van der Waals surface area contributed by atoms with Crippen molar-refractivity contribution in [3.8, 4) is 11.5 Å². The monoisotopic (exact) mass is 425 g/mol. The number of rotatable bonds is 13. The molecule has 0 bridgehead atoms. The van der Waals surface area contributed by atoms with Crippen molar-refractivity contribution in [1.29, 1.82) is 0 Å². The molecule has 1 atom stereocenters. The fraction of sp³-hybridized carbons (Fsp3) is 0.650. The van der Waals surface area contributed by atoms with Crippen LogP contribution in [0.15, 0.2) is 18.2 Å². The van der Waals surface area contributed by atoms with E-state index in [0.717, 1.165) is 24.2 Å². The lowest BCUT2D eigenvalue weighted by Gasteiger charge is -2.28. The van der Waals surface area contributed by atoms with Gasteiger partial charge in [-0.25, -0.2) is 0 Å². The zero-order valence-corrected chi connectivity index (χ0v) is 17.5. The maximum absolute atomic E-state index is 11.8. The molecule has 168 valence electrons. The van der Waals surface area contributed by atoms with Crippen LogP contribution in [-0.4, -0.2) is 60.7 Å². The molecule has 1 aromatic carbocycles. The molecule has 10 nitrogen and oxygen atoms in total. The lowest BCUT2D eigenvalue weighted by molar-refractivity contribution is -0.757. The summed E-state index contributed by atoms with van der Waals surface area (Å²) in [5.74, 6) is 1.18. The van der Waals surface area contributed by atoms with Gasteiger partial charge in [-0.3, -0.25) is 4.79 Å². The number of nitrogens with one attached hydrogen (secondary N) is 2. The number of hydrogen-bond acceptors (Lipinski definition) is 8. The van der Waals surface area contributed by atoms with E-state index in [9.17, 15) is 20.0 Å². The highest BCUT2D eigenvalue weighted by Gasteiger charge is 2.21. The summed E-state index contributed by atoms with van der Waals surface area (Å²) in [5.41, 5.74) is 0.663.